The van der Waals surface area contributed by atoms with E-state index < -0.39 is 0 Å². The van der Waals surface area contributed by atoms with E-state index >= 15 is 0 Å². The summed E-state index contributed by atoms with van der Waals surface area (Å²) in [6.45, 7) is 13.3. The molecule has 42 heavy (non-hydrogen) atoms. The average Bonchev–Trinajstić information content (AvgIpc) is 3.40. The van der Waals surface area contributed by atoms with Crippen LogP contribution in [-0.2, 0) is 13.1 Å². The SMILES string of the molecule is CNCc1nc(C)cs1.Cc1ccc(C(=O)NCCCNCc2cncc(C(C)C)c2)cc1C=O.Cc1ccccc1. The van der Waals surface area contributed by atoms with E-state index in [1.807, 2.05) is 51.5 Å². The van der Waals surface area contributed by atoms with Gasteiger partial charge in [-0.3, -0.25) is 14.6 Å². The normalized spacial score (nSPS) is 10.3. The molecule has 0 aliphatic rings. The van der Waals surface area contributed by atoms with Crippen LogP contribution in [0.2, 0.25) is 0 Å². The van der Waals surface area contributed by atoms with E-state index in [1.165, 1.54) is 16.7 Å². The minimum absolute atomic E-state index is 0.151. The summed E-state index contributed by atoms with van der Waals surface area (Å²) < 4.78 is 0. The van der Waals surface area contributed by atoms with Gasteiger partial charge >= 0.3 is 0 Å². The fourth-order valence-corrected chi connectivity index (χ4v) is 4.53. The molecule has 8 heteroatoms. The molecule has 0 saturated carbocycles. The molecular weight excluding hydrogens is 542 g/mol. The predicted molar refractivity (Wildman–Crippen MR) is 174 cm³/mol. The molecule has 0 aliphatic carbocycles. The van der Waals surface area contributed by atoms with Crippen molar-refractivity contribution in [2.45, 2.75) is 60.0 Å². The lowest BCUT2D eigenvalue weighted by molar-refractivity contribution is 0.0953. The van der Waals surface area contributed by atoms with Crippen molar-refractivity contribution in [3.05, 3.63) is 116 Å². The Kier molecular flexibility index (Phi) is 15.9. The number of thiazole rings is 1. The van der Waals surface area contributed by atoms with E-state index in [0.29, 0.717) is 23.6 Å². The molecule has 0 fully saturated rings. The van der Waals surface area contributed by atoms with E-state index in [0.717, 1.165) is 48.6 Å². The van der Waals surface area contributed by atoms with Crippen molar-refractivity contribution in [2.75, 3.05) is 20.1 Å². The van der Waals surface area contributed by atoms with Crippen LogP contribution in [0.4, 0.5) is 0 Å². The van der Waals surface area contributed by atoms with Gasteiger partial charge in [0.2, 0.25) is 0 Å². The average molecular weight is 588 g/mol. The number of carbonyl (C=O) groups is 2. The molecule has 0 saturated heterocycles. The zero-order valence-electron chi connectivity index (χ0n) is 25.7. The molecule has 7 nitrogen and oxygen atoms in total. The molecule has 2 aromatic heterocycles. The zero-order chi connectivity index (χ0) is 30.7. The van der Waals surface area contributed by atoms with Gasteiger partial charge in [0.1, 0.15) is 11.3 Å². The molecule has 0 radical (unpaired) electrons. The molecule has 2 heterocycles. The molecule has 0 atom stereocenters. The predicted octanol–water partition coefficient (Wildman–Crippen LogP) is 6.40. The Balaban J connectivity index is 0.000000310. The first-order chi connectivity index (χ1) is 20.2. The molecule has 0 unspecified atom stereocenters. The van der Waals surface area contributed by atoms with Gasteiger partial charge in [-0.25, -0.2) is 4.98 Å². The summed E-state index contributed by atoms with van der Waals surface area (Å²) in [5.74, 6) is 0.320. The van der Waals surface area contributed by atoms with Gasteiger partial charge in [0.05, 0.1) is 0 Å². The number of aromatic nitrogens is 2. The molecule has 4 aromatic rings. The summed E-state index contributed by atoms with van der Waals surface area (Å²) in [5, 5.41) is 12.5. The Bertz CT molecular complexity index is 1360. The Morgan fingerprint density at radius 2 is 1.74 bits per heavy atom. The smallest absolute Gasteiger partial charge is 0.251 e. The van der Waals surface area contributed by atoms with Crippen LogP contribution in [0.1, 0.15) is 79.9 Å². The van der Waals surface area contributed by atoms with Crippen molar-refractivity contribution in [2.24, 2.45) is 0 Å². The van der Waals surface area contributed by atoms with Crippen LogP contribution >= 0.6 is 11.3 Å². The Morgan fingerprint density at radius 1 is 0.976 bits per heavy atom. The van der Waals surface area contributed by atoms with Crippen LogP contribution < -0.4 is 16.0 Å². The molecule has 2 aromatic carbocycles. The number of hydrogen-bond acceptors (Lipinski definition) is 7. The van der Waals surface area contributed by atoms with Gasteiger partial charge in [-0.05, 0) is 75.5 Å². The summed E-state index contributed by atoms with van der Waals surface area (Å²) in [5.41, 5.74) is 6.79. The lowest BCUT2D eigenvalue weighted by atomic mass is 10.0. The van der Waals surface area contributed by atoms with Gasteiger partial charge < -0.3 is 16.0 Å². The second-order valence-electron chi connectivity index (χ2n) is 10.3. The Morgan fingerprint density at radius 3 is 2.33 bits per heavy atom. The highest BCUT2D eigenvalue weighted by atomic mass is 32.1. The molecule has 1 amide bonds. The number of pyridine rings is 1. The summed E-state index contributed by atoms with van der Waals surface area (Å²) in [4.78, 5) is 31.6. The number of carbonyl (C=O) groups excluding carboxylic acids is 2. The van der Waals surface area contributed by atoms with Gasteiger partial charge in [-0.15, -0.1) is 11.3 Å². The van der Waals surface area contributed by atoms with Gasteiger partial charge in [0, 0.05) is 54.2 Å². The molecular formula is C34H45N5O2S. The van der Waals surface area contributed by atoms with Crippen LogP contribution in [0.5, 0.6) is 0 Å². The third kappa shape index (κ3) is 13.3. The third-order valence-electron chi connectivity index (χ3n) is 6.23. The quantitative estimate of drug-likeness (QED) is 0.139. The Labute approximate surface area is 255 Å². The second kappa shape index (κ2) is 19.4. The Hall–Kier alpha value is -3.72. The van der Waals surface area contributed by atoms with Crippen molar-refractivity contribution >= 4 is 23.5 Å². The summed E-state index contributed by atoms with van der Waals surface area (Å²) in [6.07, 6.45) is 5.39. The van der Waals surface area contributed by atoms with Crippen LogP contribution in [-0.4, -0.2) is 42.3 Å². The highest BCUT2D eigenvalue weighted by molar-refractivity contribution is 7.09. The maximum atomic E-state index is 12.1. The van der Waals surface area contributed by atoms with Crippen molar-refractivity contribution in [1.82, 2.24) is 25.9 Å². The summed E-state index contributed by atoms with van der Waals surface area (Å²) in [7, 11) is 1.93. The van der Waals surface area contributed by atoms with E-state index in [9.17, 15) is 9.59 Å². The first-order valence-corrected chi connectivity index (χ1v) is 15.2. The van der Waals surface area contributed by atoms with Gasteiger partial charge in [-0.1, -0.05) is 61.9 Å². The molecule has 0 spiro atoms. The first-order valence-electron chi connectivity index (χ1n) is 14.3. The van der Waals surface area contributed by atoms with Crippen LogP contribution in [0, 0.1) is 20.8 Å². The number of rotatable bonds is 11. The summed E-state index contributed by atoms with van der Waals surface area (Å²) >= 11 is 1.70. The molecule has 0 aliphatic heterocycles. The number of hydrogen-bond donors (Lipinski definition) is 3. The van der Waals surface area contributed by atoms with Crippen LogP contribution in [0.15, 0.2) is 72.4 Å². The molecule has 0 bridgehead atoms. The largest absolute Gasteiger partial charge is 0.352 e. The van der Waals surface area contributed by atoms with Crippen molar-refractivity contribution in [3.8, 4) is 0 Å². The topological polar surface area (TPSA) is 96.0 Å². The number of aldehydes is 1. The number of nitrogens with one attached hydrogen (secondary N) is 3. The monoisotopic (exact) mass is 587 g/mol. The van der Waals surface area contributed by atoms with Crippen molar-refractivity contribution < 1.29 is 9.59 Å². The number of benzene rings is 2. The van der Waals surface area contributed by atoms with Gasteiger partial charge in [0.25, 0.3) is 5.91 Å². The summed E-state index contributed by atoms with van der Waals surface area (Å²) in [6, 6.07) is 17.6. The highest BCUT2D eigenvalue weighted by Gasteiger charge is 2.07. The fourth-order valence-electron chi connectivity index (χ4n) is 3.75. The highest BCUT2D eigenvalue weighted by Crippen LogP contribution is 2.14. The second-order valence-corrected chi connectivity index (χ2v) is 11.3. The number of aryl methyl sites for hydroxylation is 3. The zero-order valence-corrected chi connectivity index (χ0v) is 26.6. The molecule has 3 N–H and O–H groups in total. The van der Waals surface area contributed by atoms with E-state index in [2.05, 4.69) is 70.3 Å². The van der Waals surface area contributed by atoms with E-state index in [4.69, 9.17) is 0 Å². The number of amides is 1. The number of nitrogens with zero attached hydrogens (tertiary/aromatic N) is 2. The third-order valence-corrected chi connectivity index (χ3v) is 7.20. The van der Waals surface area contributed by atoms with Crippen molar-refractivity contribution in [1.29, 1.82) is 0 Å². The lowest BCUT2D eigenvalue weighted by Gasteiger charge is -2.09. The molecule has 4 rings (SSSR count). The minimum Gasteiger partial charge on any atom is -0.352 e. The first kappa shape index (κ1) is 34.5. The maximum Gasteiger partial charge on any atom is 0.251 e. The minimum atomic E-state index is -0.151. The van der Waals surface area contributed by atoms with Crippen molar-refractivity contribution in [3.63, 3.8) is 0 Å². The van der Waals surface area contributed by atoms with Gasteiger partial charge in [-0.2, -0.15) is 0 Å². The van der Waals surface area contributed by atoms with Crippen LogP contribution in [0.25, 0.3) is 0 Å². The fraction of sp³-hybridized carbons (Fsp3) is 0.353. The maximum absolute atomic E-state index is 12.1. The van der Waals surface area contributed by atoms with Gasteiger partial charge in [0.15, 0.2) is 0 Å². The van der Waals surface area contributed by atoms with E-state index in [-0.39, 0.29) is 5.91 Å². The standard InChI is InChI=1S/C21H27N3O2.C7H8.C6H10N2S/c1-15(2)19-9-17(12-23-13-19)11-22-7-4-8-24-21(26)18-6-5-16(3)20(10-18)14-25;1-7-5-3-2-4-6-7;1-5-4-9-6(8-5)3-7-2/h5-6,9-10,12-15,22H,4,7-8,11H2,1-3H3,(H,24,26);2-6H,1H3;4,7H,3H2,1-2H3. The van der Waals surface area contributed by atoms with Crippen LogP contribution in [0.3, 0.4) is 0 Å². The lowest BCUT2D eigenvalue weighted by Crippen LogP contribution is -2.27. The van der Waals surface area contributed by atoms with E-state index in [1.54, 1.807) is 29.5 Å². The molecule has 224 valence electrons.